The van der Waals surface area contributed by atoms with Crippen LogP contribution in [0.1, 0.15) is 5.69 Å². The van der Waals surface area contributed by atoms with Crippen LogP contribution >= 0.6 is 0 Å². The lowest BCUT2D eigenvalue weighted by molar-refractivity contribution is -0.393. The van der Waals surface area contributed by atoms with E-state index >= 15 is 0 Å². The Bertz CT molecular complexity index is 481. The molecule has 0 N–H and O–H groups in total. The lowest BCUT2D eigenvalue weighted by Gasteiger charge is -2.08. The molecule has 0 saturated carbocycles. The van der Waals surface area contributed by atoms with Gasteiger partial charge in [0.05, 0.1) is 6.07 Å². The van der Waals surface area contributed by atoms with E-state index in [1.165, 1.54) is 0 Å². The topological polar surface area (TPSA) is 89.0 Å². The molecule has 6 nitrogen and oxygen atoms in total. The van der Waals surface area contributed by atoms with Crippen molar-refractivity contribution in [3.8, 4) is 11.8 Å². The van der Waals surface area contributed by atoms with E-state index in [2.05, 4.69) is 9.72 Å². The molecule has 0 amide bonds. The molecule has 0 aliphatic rings. The number of alkyl halides is 3. The van der Waals surface area contributed by atoms with Gasteiger partial charge in [-0.1, -0.05) is 0 Å². The fourth-order valence-corrected chi connectivity index (χ4v) is 0.989. The van der Waals surface area contributed by atoms with Crippen LogP contribution in [0.3, 0.4) is 0 Å². The zero-order valence-corrected chi connectivity index (χ0v) is 8.06. The third kappa shape index (κ3) is 3.60. The summed E-state index contributed by atoms with van der Waals surface area (Å²) >= 11 is 0. The quantitative estimate of drug-likeness (QED) is 0.601. The Kier molecular flexibility index (Phi) is 3.47. The number of hydrogen-bond acceptors (Lipinski definition) is 5. The first-order chi connectivity index (χ1) is 7.83. The van der Waals surface area contributed by atoms with E-state index in [4.69, 9.17) is 5.26 Å². The van der Waals surface area contributed by atoms with Crippen LogP contribution < -0.4 is 4.74 Å². The largest absolute Gasteiger partial charge is 0.573 e. The molecule has 1 aromatic rings. The molecule has 0 unspecified atom stereocenters. The average Bonchev–Trinajstić information content (AvgIpc) is 2.18. The van der Waals surface area contributed by atoms with E-state index in [1.807, 2.05) is 0 Å². The highest BCUT2D eigenvalue weighted by Gasteiger charge is 2.35. The van der Waals surface area contributed by atoms with Crippen molar-refractivity contribution in [3.63, 3.8) is 0 Å². The van der Waals surface area contributed by atoms with Crippen LogP contribution in [0.4, 0.5) is 19.0 Å². The summed E-state index contributed by atoms with van der Waals surface area (Å²) in [7, 11) is 0. The summed E-state index contributed by atoms with van der Waals surface area (Å²) in [6.07, 6.45) is -5.28. The van der Waals surface area contributed by atoms with Gasteiger partial charge in [-0.05, 0) is 22.0 Å². The number of hydrogen-bond donors (Lipinski definition) is 0. The van der Waals surface area contributed by atoms with Crippen molar-refractivity contribution < 1.29 is 22.8 Å². The van der Waals surface area contributed by atoms with E-state index in [9.17, 15) is 23.3 Å². The summed E-state index contributed by atoms with van der Waals surface area (Å²) in [6, 6.07) is 3.48. The molecule has 90 valence electrons. The molecule has 0 aliphatic carbocycles. The van der Waals surface area contributed by atoms with Crippen molar-refractivity contribution in [2.75, 3.05) is 0 Å². The van der Waals surface area contributed by atoms with Crippen LogP contribution in [0.2, 0.25) is 0 Å². The number of halogens is 3. The van der Waals surface area contributed by atoms with Crippen LogP contribution in [-0.4, -0.2) is 16.3 Å². The summed E-state index contributed by atoms with van der Waals surface area (Å²) in [5.74, 6) is -2.08. The maximum atomic E-state index is 11.9. The highest BCUT2D eigenvalue weighted by atomic mass is 19.4. The Balaban J connectivity index is 3.14. The summed E-state index contributed by atoms with van der Waals surface area (Å²) in [6.45, 7) is 0. The monoisotopic (exact) mass is 247 g/mol. The first-order valence-corrected chi connectivity index (χ1v) is 4.10. The SMILES string of the molecule is N#CCc1ccc(OC(F)(F)F)c([N+](=O)[O-])n1. The van der Waals surface area contributed by atoms with Crippen LogP contribution in [0.5, 0.6) is 5.75 Å². The molecule has 0 fully saturated rings. The number of pyridine rings is 1. The number of aromatic nitrogens is 1. The fraction of sp³-hybridized carbons (Fsp3) is 0.250. The second-order valence-electron chi connectivity index (χ2n) is 2.76. The summed E-state index contributed by atoms with van der Waals surface area (Å²) in [5.41, 5.74) is -0.00581. The van der Waals surface area contributed by atoms with Gasteiger partial charge in [-0.2, -0.15) is 5.26 Å². The first-order valence-electron chi connectivity index (χ1n) is 4.10. The highest BCUT2D eigenvalue weighted by molar-refractivity contribution is 5.41. The second kappa shape index (κ2) is 4.65. The van der Waals surface area contributed by atoms with Gasteiger partial charge >= 0.3 is 12.2 Å². The van der Waals surface area contributed by atoms with Gasteiger partial charge in [0.25, 0.3) is 0 Å². The van der Waals surface area contributed by atoms with Crippen molar-refractivity contribution in [1.82, 2.24) is 4.98 Å². The van der Waals surface area contributed by atoms with E-state index in [0.717, 1.165) is 12.1 Å². The van der Waals surface area contributed by atoms with Gasteiger partial charge in [0.15, 0.2) is 5.69 Å². The third-order valence-electron chi connectivity index (χ3n) is 1.56. The molecule has 1 heterocycles. The van der Waals surface area contributed by atoms with Gasteiger partial charge < -0.3 is 14.9 Å². The lowest BCUT2D eigenvalue weighted by Crippen LogP contribution is -2.18. The minimum Gasteiger partial charge on any atom is -0.397 e. The lowest BCUT2D eigenvalue weighted by atomic mass is 10.3. The Morgan fingerprint density at radius 3 is 2.65 bits per heavy atom. The van der Waals surface area contributed by atoms with Gasteiger partial charge in [-0.15, -0.1) is 13.2 Å². The average molecular weight is 247 g/mol. The molecular weight excluding hydrogens is 243 g/mol. The van der Waals surface area contributed by atoms with Crippen LogP contribution in [0.15, 0.2) is 12.1 Å². The highest BCUT2D eigenvalue weighted by Crippen LogP contribution is 2.30. The van der Waals surface area contributed by atoms with Gasteiger partial charge in [0, 0.05) is 0 Å². The first kappa shape index (κ1) is 12.7. The van der Waals surface area contributed by atoms with Gasteiger partial charge in [-0.25, -0.2) is 0 Å². The summed E-state index contributed by atoms with van der Waals surface area (Å²) in [4.78, 5) is 12.7. The van der Waals surface area contributed by atoms with E-state index in [0.29, 0.717) is 0 Å². The predicted molar refractivity (Wildman–Crippen MR) is 46.9 cm³/mol. The number of ether oxygens (including phenoxy) is 1. The van der Waals surface area contributed by atoms with Crippen LogP contribution in [0, 0.1) is 21.4 Å². The van der Waals surface area contributed by atoms with Crippen molar-refractivity contribution >= 4 is 5.82 Å². The van der Waals surface area contributed by atoms with E-state index in [-0.39, 0.29) is 12.1 Å². The Hall–Kier alpha value is -2.37. The molecule has 0 aliphatic heterocycles. The number of rotatable bonds is 3. The molecule has 1 aromatic heterocycles. The molecule has 0 atom stereocenters. The molecule has 0 bridgehead atoms. The van der Waals surface area contributed by atoms with Crippen LogP contribution in [-0.2, 0) is 6.42 Å². The minimum atomic E-state index is -5.04. The molecule has 0 spiro atoms. The molecule has 0 aromatic carbocycles. The maximum Gasteiger partial charge on any atom is 0.573 e. The molecule has 9 heteroatoms. The van der Waals surface area contributed by atoms with Gasteiger partial charge in [0.1, 0.15) is 6.42 Å². The predicted octanol–water partition coefficient (Wildman–Crippen LogP) is 1.95. The Morgan fingerprint density at radius 1 is 1.53 bits per heavy atom. The molecule has 17 heavy (non-hydrogen) atoms. The molecule has 0 radical (unpaired) electrons. The van der Waals surface area contributed by atoms with Crippen molar-refractivity contribution in [1.29, 1.82) is 5.26 Å². The van der Waals surface area contributed by atoms with Gasteiger partial charge in [-0.3, -0.25) is 0 Å². The molecule has 1 rings (SSSR count). The van der Waals surface area contributed by atoms with Crippen molar-refractivity contribution in [2.45, 2.75) is 12.8 Å². The normalized spacial score (nSPS) is 10.7. The zero-order chi connectivity index (χ0) is 13.1. The van der Waals surface area contributed by atoms with Crippen molar-refractivity contribution in [2.24, 2.45) is 0 Å². The third-order valence-corrected chi connectivity index (χ3v) is 1.56. The Morgan fingerprint density at radius 2 is 2.18 bits per heavy atom. The number of nitrogens with zero attached hydrogens (tertiary/aromatic N) is 3. The smallest absolute Gasteiger partial charge is 0.397 e. The summed E-state index contributed by atoms with van der Waals surface area (Å²) < 4.78 is 39.2. The van der Waals surface area contributed by atoms with Gasteiger partial charge in [0.2, 0.25) is 5.75 Å². The number of nitro groups is 1. The maximum absolute atomic E-state index is 11.9. The standard InChI is InChI=1S/C8H4F3N3O3/c9-8(10,11)17-6-2-1-5(3-4-12)13-7(6)14(15)16/h1-2H,3H2. The zero-order valence-electron chi connectivity index (χ0n) is 8.06. The second-order valence-corrected chi connectivity index (χ2v) is 2.76. The fourth-order valence-electron chi connectivity index (χ4n) is 0.989. The Labute approximate surface area is 92.4 Å². The van der Waals surface area contributed by atoms with Crippen LogP contribution in [0.25, 0.3) is 0 Å². The van der Waals surface area contributed by atoms with Crippen molar-refractivity contribution in [3.05, 3.63) is 27.9 Å². The minimum absolute atomic E-state index is 0.00581. The summed E-state index contributed by atoms with van der Waals surface area (Å²) in [5, 5.41) is 18.8. The molecule has 0 saturated heterocycles. The number of nitriles is 1. The molecular formula is C8H4F3N3O3. The van der Waals surface area contributed by atoms with E-state index in [1.54, 1.807) is 6.07 Å². The van der Waals surface area contributed by atoms with E-state index < -0.39 is 22.9 Å².